The fourth-order valence-electron chi connectivity index (χ4n) is 1.82. The molecular weight excluding hydrogens is 352 g/mol. The van der Waals surface area contributed by atoms with Gasteiger partial charge in [-0.1, -0.05) is 39.7 Å². The van der Waals surface area contributed by atoms with Crippen LogP contribution in [0.5, 0.6) is 0 Å². The largest absolute Gasteiger partial charge is 0.465 e. The number of hydrogen-bond donors (Lipinski definition) is 0. The van der Waals surface area contributed by atoms with Crippen molar-refractivity contribution in [1.82, 2.24) is 0 Å². The number of esters is 1. The molecule has 21 heavy (non-hydrogen) atoms. The first-order valence-electron chi connectivity index (χ1n) is 6.33. The lowest BCUT2D eigenvalue weighted by molar-refractivity contribution is 0.0600. The normalized spacial score (nSPS) is 12.0. The Kier molecular flexibility index (Phi) is 5.31. The van der Waals surface area contributed by atoms with E-state index in [-0.39, 0.29) is 5.97 Å². The predicted molar refractivity (Wildman–Crippen MR) is 86.8 cm³/mol. The first-order chi connectivity index (χ1) is 10.0. The molecule has 0 spiro atoms. The SMILES string of the molecule is COC(=O)c1ccc(CS(=O)c2ccc(C)cc2)c(Br)c1. The first kappa shape index (κ1) is 15.9. The third-order valence-corrected chi connectivity index (χ3v) is 5.15. The monoisotopic (exact) mass is 366 g/mol. The minimum absolute atomic E-state index is 0.387. The van der Waals surface area contributed by atoms with Crippen molar-refractivity contribution in [2.45, 2.75) is 17.6 Å². The average Bonchev–Trinajstić information content (AvgIpc) is 2.49. The summed E-state index contributed by atoms with van der Waals surface area (Å²) in [6.45, 7) is 1.99. The Bertz CT molecular complexity index is 680. The smallest absolute Gasteiger partial charge is 0.337 e. The Morgan fingerprint density at radius 2 is 1.86 bits per heavy atom. The van der Waals surface area contributed by atoms with Crippen molar-refractivity contribution in [3.63, 3.8) is 0 Å². The van der Waals surface area contributed by atoms with Crippen LogP contribution in [0.25, 0.3) is 0 Å². The minimum atomic E-state index is -1.12. The zero-order chi connectivity index (χ0) is 15.4. The van der Waals surface area contributed by atoms with Gasteiger partial charge in [-0.25, -0.2) is 4.79 Å². The number of aryl methyl sites for hydroxylation is 1. The maximum absolute atomic E-state index is 12.4. The highest BCUT2D eigenvalue weighted by Crippen LogP contribution is 2.22. The topological polar surface area (TPSA) is 43.4 Å². The van der Waals surface area contributed by atoms with Crippen LogP contribution in [0.1, 0.15) is 21.5 Å². The van der Waals surface area contributed by atoms with Crippen molar-refractivity contribution in [1.29, 1.82) is 0 Å². The van der Waals surface area contributed by atoms with Crippen LogP contribution < -0.4 is 0 Å². The average molecular weight is 367 g/mol. The summed E-state index contributed by atoms with van der Waals surface area (Å²) in [6, 6.07) is 12.8. The van der Waals surface area contributed by atoms with Crippen LogP contribution in [0.2, 0.25) is 0 Å². The molecule has 0 saturated heterocycles. The molecule has 0 aliphatic heterocycles. The maximum Gasteiger partial charge on any atom is 0.337 e. The number of ether oxygens (including phenoxy) is 1. The number of hydrogen-bond acceptors (Lipinski definition) is 3. The van der Waals surface area contributed by atoms with E-state index in [4.69, 9.17) is 0 Å². The van der Waals surface area contributed by atoms with Crippen LogP contribution in [0.4, 0.5) is 0 Å². The summed E-state index contributed by atoms with van der Waals surface area (Å²) in [6.07, 6.45) is 0. The molecular formula is C16H15BrO3S. The molecule has 0 N–H and O–H groups in total. The molecule has 0 aliphatic rings. The second-order valence-corrected chi connectivity index (χ2v) is 6.91. The molecule has 0 fully saturated rings. The molecule has 2 aromatic carbocycles. The van der Waals surface area contributed by atoms with Crippen molar-refractivity contribution in [2.75, 3.05) is 7.11 Å². The Morgan fingerprint density at radius 3 is 2.43 bits per heavy atom. The predicted octanol–water partition coefficient (Wildman–Crippen LogP) is 3.85. The highest BCUT2D eigenvalue weighted by atomic mass is 79.9. The summed E-state index contributed by atoms with van der Waals surface area (Å²) in [4.78, 5) is 12.2. The Labute approximate surface area is 134 Å². The zero-order valence-electron chi connectivity index (χ0n) is 11.8. The van der Waals surface area contributed by atoms with Crippen LogP contribution in [0.15, 0.2) is 51.8 Å². The van der Waals surface area contributed by atoms with Crippen LogP contribution in [-0.2, 0) is 21.3 Å². The van der Waals surface area contributed by atoms with Gasteiger partial charge in [0.1, 0.15) is 0 Å². The lowest BCUT2D eigenvalue weighted by Gasteiger charge is -2.07. The molecule has 0 aromatic heterocycles. The number of benzene rings is 2. The highest BCUT2D eigenvalue weighted by Gasteiger charge is 2.11. The molecule has 3 nitrogen and oxygen atoms in total. The molecule has 110 valence electrons. The number of carbonyl (C=O) groups is 1. The van der Waals surface area contributed by atoms with E-state index in [2.05, 4.69) is 20.7 Å². The van der Waals surface area contributed by atoms with Crippen LogP contribution >= 0.6 is 15.9 Å². The maximum atomic E-state index is 12.4. The van der Waals surface area contributed by atoms with E-state index in [0.29, 0.717) is 11.3 Å². The van der Waals surface area contributed by atoms with Crippen molar-refractivity contribution < 1.29 is 13.7 Å². The zero-order valence-corrected chi connectivity index (χ0v) is 14.2. The summed E-state index contributed by atoms with van der Waals surface area (Å²) in [5.74, 6) is 0.00682. The summed E-state index contributed by atoms with van der Waals surface area (Å²) in [5, 5.41) is 0. The molecule has 2 rings (SSSR count). The van der Waals surface area contributed by atoms with E-state index in [1.807, 2.05) is 31.2 Å². The van der Waals surface area contributed by atoms with Gasteiger partial charge in [-0.05, 0) is 36.8 Å². The van der Waals surface area contributed by atoms with Gasteiger partial charge in [0.05, 0.1) is 29.2 Å². The molecule has 0 bridgehead atoms. The summed E-state index contributed by atoms with van der Waals surface area (Å²) in [5.41, 5.74) is 2.50. The Morgan fingerprint density at radius 1 is 1.19 bits per heavy atom. The molecule has 5 heteroatoms. The molecule has 1 unspecified atom stereocenters. The first-order valence-corrected chi connectivity index (χ1v) is 8.44. The third kappa shape index (κ3) is 4.02. The molecule has 1 atom stereocenters. The van der Waals surface area contributed by atoms with E-state index in [0.717, 1.165) is 20.5 Å². The second kappa shape index (κ2) is 7.00. The van der Waals surface area contributed by atoms with E-state index < -0.39 is 10.8 Å². The molecule has 0 heterocycles. The van der Waals surface area contributed by atoms with Gasteiger partial charge in [0.25, 0.3) is 0 Å². The quantitative estimate of drug-likeness (QED) is 0.771. The standard InChI is InChI=1S/C16H15BrO3S/c1-11-3-7-14(8-4-11)21(19)10-13-6-5-12(9-15(13)17)16(18)20-2/h3-9H,10H2,1-2H3. The molecule has 0 saturated carbocycles. The highest BCUT2D eigenvalue weighted by molar-refractivity contribution is 9.10. The number of carbonyl (C=O) groups excluding carboxylic acids is 1. The number of rotatable bonds is 4. The summed E-state index contributed by atoms with van der Waals surface area (Å²) in [7, 11) is 0.226. The molecule has 0 radical (unpaired) electrons. The van der Waals surface area contributed by atoms with Gasteiger partial charge in [0, 0.05) is 9.37 Å². The summed E-state index contributed by atoms with van der Waals surface area (Å²) >= 11 is 3.42. The van der Waals surface area contributed by atoms with Crippen molar-refractivity contribution in [2.24, 2.45) is 0 Å². The molecule has 0 amide bonds. The van der Waals surface area contributed by atoms with Crippen molar-refractivity contribution in [3.05, 3.63) is 63.6 Å². The lowest BCUT2D eigenvalue weighted by Crippen LogP contribution is -2.03. The Balaban J connectivity index is 2.18. The van der Waals surface area contributed by atoms with Gasteiger partial charge in [-0.3, -0.25) is 4.21 Å². The summed E-state index contributed by atoms with van der Waals surface area (Å²) < 4.78 is 17.8. The third-order valence-electron chi connectivity index (χ3n) is 3.04. The van der Waals surface area contributed by atoms with Gasteiger partial charge in [-0.2, -0.15) is 0 Å². The van der Waals surface area contributed by atoms with Crippen molar-refractivity contribution >= 4 is 32.7 Å². The van der Waals surface area contributed by atoms with E-state index in [9.17, 15) is 9.00 Å². The van der Waals surface area contributed by atoms with E-state index >= 15 is 0 Å². The second-order valence-electron chi connectivity index (χ2n) is 4.60. The van der Waals surface area contributed by atoms with Crippen LogP contribution in [0.3, 0.4) is 0 Å². The molecule has 0 aliphatic carbocycles. The number of halogens is 1. The van der Waals surface area contributed by atoms with Crippen LogP contribution in [0, 0.1) is 6.92 Å². The van der Waals surface area contributed by atoms with E-state index in [1.54, 1.807) is 18.2 Å². The van der Waals surface area contributed by atoms with E-state index in [1.165, 1.54) is 7.11 Å². The fourth-order valence-corrected chi connectivity index (χ4v) is 3.67. The van der Waals surface area contributed by atoms with Gasteiger partial charge < -0.3 is 4.74 Å². The number of methoxy groups -OCH3 is 1. The van der Waals surface area contributed by atoms with Gasteiger partial charge >= 0.3 is 5.97 Å². The van der Waals surface area contributed by atoms with Crippen molar-refractivity contribution in [3.8, 4) is 0 Å². The van der Waals surface area contributed by atoms with Crippen LogP contribution in [-0.4, -0.2) is 17.3 Å². The minimum Gasteiger partial charge on any atom is -0.465 e. The molecule has 2 aromatic rings. The van der Waals surface area contributed by atoms with Gasteiger partial charge in [0.2, 0.25) is 0 Å². The van der Waals surface area contributed by atoms with Gasteiger partial charge in [-0.15, -0.1) is 0 Å². The fraction of sp³-hybridized carbons (Fsp3) is 0.188. The lowest BCUT2D eigenvalue weighted by atomic mass is 10.1. The Hall–Kier alpha value is -1.46. The van der Waals surface area contributed by atoms with Gasteiger partial charge in [0.15, 0.2) is 0 Å².